The minimum Gasteiger partial charge on any atom is -0.321 e. The van der Waals surface area contributed by atoms with E-state index in [1.54, 1.807) is 12.1 Å². The van der Waals surface area contributed by atoms with Crippen LogP contribution < -0.4 is 5.73 Å². The Bertz CT molecular complexity index is 592. The van der Waals surface area contributed by atoms with Gasteiger partial charge in [-0.3, -0.25) is 0 Å². The first-order valence-corrected chi connectivity index (χ1v) is 7.68. The third-order valence-corrected chi connectivity index (χ3v) is 4.77. The zero-order chi connectivity index (χ0) is 14.9. The summed E-state index contributed by atoms with van der Waals surface area (Å²) in [6.07, 6.45) is 3.96. The van der Waals surface area contributed by atoms with Crippen LogP contribution in [0.2, 0.25) is 0 Å². The van der Waals surface area contributed by atoms with Gasteiger partial charge < -0.3 is 5.73 Å². The molecule has 1 fully saturated rings. The predicted octanol–water partition coefficient (Wildman–Crippen LogP) is 4.65. The lowest BCUT2D eigenvalue weighted by Crippen LogP contribution is -2.40. The molecule has 110 valence electrons. The molecule has 1 aliphatic rings. The van der Waals surface area contributed by atoms with E-state index < -0.39 is 0 Å². The van der Waals surface area contributed by atoms with Crippen molar-refractivity contribution in [3.8, 4) is 0 Å². The molecule has 0 atom stereocenters. The zero-order valence-electron chi connectivity index (χ0n) is 12.5. The summed E-state index contributed by atoms with van der Waals surface area (Å²) >= 11 is 0. The van der Waals surface area contributed by atoms with Gasteiger partial charge in [0.15, 0.2) is 0 Å². The number of rotatable bonds is 2. The number of aryl methyl sites for hydroxylation is 1. The van der Waals surface area contributed by atoms with E-state index in [1.807, 2.05) is 13.0 Å². The Kier molecular flexibility index (Phi) is 3.81. The van der Waals surface area contributed by atoms with Gasteiger partial charge in [-0.25, -0.2) is 4.39 Å². The highest BCUT2D eigenvalue weighted by molar-refractivity contribution is 5.31. The lowest BCUT2D eigenvalue weighted by molar-refractivity contribution is 0.276. The Hall–Kier alpha value is -1.67. The van der Waals surface area contributed by atoms with Crippen molar-refractivity contribution in [3.63, 3.8) is 0 Å². The van der Waals surface area contributed by atoms with Gasteiger partial charge in [-0.05, 0) is 67.3 Å². The van der Waals surface area contributed by atoms with Gasteiger partial charge in [0.1, 0.15) is 5.82 Å². The topological polar surface area (TPSA) is 26.0 Å². The lowest BCUT2D eigenvalue weighted by Gasteiger charge is -2.38. The van der Waals surface area contributed by atoms with Gasteiger partial charge in [-0.1, -0.05) is 36.4 Å². The second-order valence-electron chi connectivity index (χ2n) is 6.36. The second-order valence-corrected chi connectivity index (χ2v) is 6.36. The van der Waals surface area contributed by atoms with Crippen molar-refractivity contribution in [1.82, 2.24) is 0 Å². The fourth-order valence-electron chi connectivity index (χ4n) is 3.50. The van der Waals surface area contributed by atoms with Crippen molar-refractivity contribution in [3.05, 3.63) is 71.0 Å². The zero-order valence-corrected chi connectivity index (χ0v) is 12.5. The Morgan fingerprint density at radius 2 is 1.71 bits per heavy atom. The SMILES string of the molecule is Cc1cc(F)cc(C2(N)CCC(c3ccccc3)CC2)c1. The van der Waals surface area contributed by atoms with E-state index in [0.717, 1.165) is 36.8 Å². The number of hydrogen-bond acceptors (Lipinski definition) is 1. The van der Waals surface area contributed by atoms with Crippen LogP contribution in [0.15, 0.2) is 48.5 Å². The average molecular weight is 283 g/mol. The summed E-state index contributed by atoms with van der Waals surface area (Å²) in [6, 6.07) is 15.8. The van der Waals surface area contributed by atoms with E-state index in [9.17, 15) is 4.39 Å². The Labute approximate surface area is 126 Å². The molecule has 3 rings (SSSR count). The predicted molar refractivity (Wildman–Crippen MR) is 84.7 cm³/mol. The van der Waals surface area contributed by atoms with Crippen LogP contribution in [-0.4, -0.2) is 0 Å². The molecule has 0 bridgehead atoms. The van der Waals surface area contributed by atoms with E-state index in [-0.39, 0.29) is 11.4 Å². The molecule has 21 heavy (non-hydrogen) atoms. The number of nitrogens with two attached hydrogens (primary N) is 1. The summed E-state index contributed by atoms with van der Waals surface area (Å²) < 4.78 is 13.6. The van der Waals surface area contributed by atoms with Gasteiger partial charge >= 0.3 is 0 Å². The van der Waals surface area contributed by atoms with Gasteiger partial charge in [-0.2, -0.15) is 0 Å². The van der Waals surface area contributed by atoms with Crippen LogP contribution in [0.1, 0.15) is 48.3 Å². The van der Waals surface area contributed by atoms with Crippen LogP contribution in [0, 0.1) is 12.7 Å². The Morgan fingerprint density at radius 1 is 1.05 bits per heavy atom. The van der Waals surface area contributed by atoms with Crippen LogP contribution in [0.25, 0.3) is 0 Å². The summed E-state index contributed by atoms with van der Waals surface area (Å²) in [4.78, 5) is 0. The van der Waals surface area contributed by atoms with Crippen molar-refractivity contribution >= 4 is 0 Å². The van der Waals surface area contributed by atoms with Crippen LogP contribution in [0.3, 0.4) is 0 Å². The molecule has 1 aliphatic carbocycles. The molecule has 0 aliphatic heterocycles. The highest BCUT2D eigenvalue weighted by Gasteiger charge is 2.34. The van der Waals surface area contributed by atoms with E-state index >= 15 is 0 Å². The molecule has 1 nitrogen and oxygen atoms in total. The first-order chi connectivity index (χ1) is 10.1. The van der Waals surface area contributed by atoms with Crippen molar-refractivity contribution in [2.75, 3.05) is 0 Å². The van der Waals surface area contributed by atoms with Crippen molar-refractivity contribution in [2.45, 2.75) is 44.1 Å². The summed E-state index contributed by atoms with van der Waals surface area (Å²) in [5.74, 6) is 0.400. The molecule has 1 saturated carbocycles. The van der Waals surface area contributed by atoms with Crippen molar-refractivity contribution in [1.29, 1.82) is 0 Å². The van der Waals surface area contributed by atoms with Crippen LogP contribution in [-0.2, 0) is 5.54 Å². The van der Waals surface area contributed by atoms with Gasteiger partial charge in [0.2, 0.25) is 0 Å². The molecule has 0 unspecified atom stereocenters. The smallest absolute Gasteiger partial charge is 0.123 e. The highest BCUT2D eigenvalue weighted by atomic mass is 19.1. The quantitative estimate of drug-likeness (QED) is 0.853. The first kappa shape index (κ1) is 14.3. The summed E-state index contributed by atoms with van der Waals surface area (Å²) in [5, 5.41) is 0. The lowest BCUT2D eigenvalue weighted by atomic mass is 9.71. The van der Waals surface area contributed by atoms with E-state index in [4.69, 9.17) is 5.73 Å². The molecule has 2 heteroatoms. The third-order valence-electron chi connectivity index (χ3n) is 4.77. The molecule has 0 spiro atoms. The fourth-order valence-corrected chi connectivity index (χ4v) is 3.50. The van der Waals surface area contributed by atoms with Gasteiger partial charge in [0.25, 0.3) is 0 Å². The van der Waals surface area contributed by atoms with E-state index in [2.05, 4.69) is 30.3 Å². The molecule has 2 aromatic carbocycles. The maximum absolute atomic E-state index is 13.6. The largest absolute Gasteiger partial charge is 0.321 e. The van der Waals surface area contributed by atoms with Crippen LogP contribution >= 0.6 is 0 Å². The normalized spacial score (nSPS) is 25.8. The molecule has 0 radical (unpaired) electrons. The Morgan fingerprint density at radius 3 is 2.33 bits per heavy atom. The molecule has 0 heterocycles. The molecular formula is C19H22FN. The van der Waals surface area contributed by atoms with Gasteiger partial charge in [0.05, 0.1) is 0 Å². The van der Waals surface area contributed by atoms with E-state index in [0.29, 0.717) is 5.92 Å². The molecule has 0 saturated heterocycles. The van der Waals surface area contributed by atoms with Crippen LogP contribution in [0.5, 0.6) is 0 Å². The number of halogens is 1. The molecule has 0 aromatic heterocycles. The Balaban J connectivity index is 1.77. The minimum atomic E-state index is -0.377. The molecule has 2 aromatic rings. The second kappa shape index (κ2) is 5.61. The number of hydrogen-bond donors (Lipinski definition) is 1. The summed E-state index contributed by atoms with van der Waals surface area (Å²) in [7, 11) is 0. The fraction of sp³-hybridized carbons (Fsp3) is 0.368. The molecular weight excluding hydrogens is 261 g/mol. The average Bonchev–Trinajstić information content (AvgIpc) is 2.48. The standard InChI is InChI=1S/C19H22FN/c1-14-11-17(13-18(20)12-14)19(21)9-7-16(8-10-19)15-5-3-2-4-6-15/h2-6,11-13,16H,7-10,21H2,1H3. The van der Waals surface area contributed by atoms with Gasteiger partial charge in [0, 0.05) is 5.54 Å². The maximum atomic E-state index is 13.6. The molecule has 0 amide bonds. The molecule has 2 N–H and O–H groups in total. The maximum Gasteiger partial charge on any atom is 0.123 e. The van der Waals surface area contributed by atoms with E-state index in [1.165, 1.54) is 5.56 Å². The van der Waals surface area contributed by atoms with Crippen molar-refractivity contribution < 1.29 is 4.39 Å². The summed E-state index contributed by atoms with van der Waals surface area (Å²) in [5.41, 5.74) is 9.51. The highest BCUT2D eigenvalue weighted by Crippen LogP contribution is 2.42. The first-order valence-electron chi connectivity index (χ1n) is 7.68. The summed E-state index contributed by atoms with van der Waals surface area (Å²) in [6.45, 7) is 1.92. The van der Waals surface area contributed by atoms with Crippen molar-refractivity contribution in [2.24, 2.45) is 5.73 Å². The number of benzene rings is 2. The van der Waals surface area contributed by atoms with Gasteiger partial charge in [-0.15, -0.1) is 0 Å². The third kappa shape index (κ3) is 3.01. The van der Waals surface area contributed by atoms with Crippen LogP contribution in [0.4, 0.5) is 4.39 Å². The minimum absolute atomic E-state index is 0.181. The monoisotopic (exact) mass is 283 g/mol.